The molecule has 1 heterocycles. The number of hydrogen-bond acceptors (Lipinski definition) is 4. The van der Waals surface area contributed by atoms with Crippen LogP contribution in [0.15, 0.2) is 48.5 Å². The van der Waals surface area contributed by atoms with E-state index in [1.165, 1.54) is 12.0 Å². The van der Waals surface area contributed by atoms with Crippen LogP contribution < -0.4 is 4.74 Å². The van der Waals surface area contributed by atoms with E-state index in [0.717, 1.165) is 30.8 Å². The molecule has 0 spiro atoms. The summed E-state index contributed by atoms with van der Waals surface area (Å²) in [5, 5.41) is 10.7. The second-order valence-corrected chi connectivity index (χ2v) is 5.83. The van der Waals surface area contributed by atoms with Gasteiger partial charge in [-0.2, -0.15) is 0 Å². The summed E-state index contributed by atoms with van der Waals surface area (Å²) in [5.74, 6) is 0.869. The molecule has 0 bridgehead atoms. The fourth-order valence-electron chi connectivity index (χ4n) is 3.18. The number of nitrogens with zero attached hydrogens (tertiary/aromatic N) is 2. The second-order valence-electron chi connectivity index (χ2n) is 5.83. The van der Waals surface area contributed by atoms with Crippen LogP contribution in [0.3, 0.4) is 0 Å². The lowest BCUT2D eigenvalue weighted by Gasteiger charge is -2.25. The Hall–Kier alpha value is -2.40. The molecule has 2 aromatic carbocycles. The molecule has 0 amide bonds. The third kappa shape index (κ3) is 3.51. The quantitative estimate of drug-likeness (QED) is 0.620. The summed E-state index contributed by atoms with van der Waals surface area (Å²) in [5.41, 5.74) is 2.54. The number of non-ortho nitro benzene ring substituents is 1. The topological polar surface area (TPSA) is 55.6 Å². The lowest BCUT2D eigenvalue weighted by Crippen LogP contribution is -2.22. The van der Waals surface area contributed by atoms with Gasteiger partial charge >= 0.3 is 0 Å². The number of nitro groups is 1. The molecule has 2 aromatic rings. The zero-order chi connectivity index (χ0) is 16.2. The van der Waals surface area contributed by atoms with Crippen molar-refractivity contribution in [3.63, 3.8) is 0 Å². The first-order valence-corrected chi connectivity index (χ1v) is 7.78. The maximum Gasteiger partial charge on any atom is 0.269 e. The third-order valence-corrected chi connectivity index (χ3v) is 4.40. The van der Waals surface area contributed by atoms with Gasteiger partial charge in [-0.25, -0.2) is 0 Å². The Kier molecular flexibility index (Phi) is 4.57. The highest BCUT2D eigenvalue weighted by molar-refractivity contribution is 5.33. The van der Waals surface area contributed by atoms with Crippen LogP contribution in [0.25, 0.3) is 0 Å². The summed E-state index contributed by atoms with van der Waals surface area (Å²) in [4.78, 5) is 12.8. The van der Waals surface area contributed by atoms with Gasteiger partial charge in [0.15, 0.2) is 0 Å². The summed E-state index contributed by atoms with van der Waals surface area (Å²) in [6, 6.07) is 15.5. The summed E-state index contributed by atoms with van der Waals surface area (Å²) < 4.78 is 5.22. The molecule has 0 unspecified atom stereocenters. The predicted molar refractivity (Wildman–Crippen MR) is 88.5 cm³/mol. The van der Waals surface area contributed by atoms with Gasteiger partial charge in [0.2, 0.25) is 0 Å². The van der Waals surface area contributed by atoms with E-state index in [4.69, 9.17) is 4.74 Å². The van der Waals surface area contributed by atoms with Crippen LogP contribution in [-0.4, -0.2) is 23.5 Å². The van der Waals surface area contributed by atoms with Gasteiger partial charge in [0.25, 0.3) is 5.69 Å². The Morgan fingerprint density at radius 3 is 2.48 bits per heavy atom. The number of ether oxygens (including phenoxy) is 1. The predicted octanol–water partition coefficient (Wildman–Crippen LogP) is 3.94. The first-order chi connectivity index (χ1) is 11.2. The van der Waals surface area contributed by atoms with Crippen molar-refractivity contribution in [3.05, 3.63) is 69.8 Å². The Balaban J connectivity index is 1.72. The average molecular weight is 312 g/mol. The summed E-state index contributed by atoms with van der Waals surface area (Å²) in [6.07, 6.45) is 2.31. The largest absolute Gasteiger partial charge is 0.497 e. The molecule has 0 saturated carbocycles. The standard InChI is InChI=1S/C18H20N2O3/c1-23-17-10-6-15(7-11-17)18-3-2-12-19(18)13-14-4-8-16(9-5-14)20(21)22/h4-11,18H,2-3,12-13H2,1H3/t18-/m1/s1. The number of likely N-dealkylation sites (tertiary alicyclic amines) is 1. The molecule has 1 atom stereocenters. The lowest BCUT2D eigenvalue weighted by atomic mass is 10.0. The zero-order valence-electron chi connectivity index (χ0n) is 13.1. The molecule has 0 aliphatic carbocycles. The normalized spacial score (nSPS) is 18.0. The van der Waals surface area contributed by atoms with Crippen molar-refractivity contribution in [3.8, 4) is 5.75 Å². The van der Waals surface area contributed by atoms with Gasteiger partial charge in [0.1, 0.15) is 5.75 Å². The summed E-state index contributed by atoms with van der Waals surface area (Å²) in [6.45, 7) is 1.86. The van der Waals surface area contributed by atoms with Gasteiger partial charge in [-0.1, -0.05) is 24.3 Å². The van der Waals surface area contributed by atoms with Gasteiger partial charge in [-0.05, 0) is 42.6 Å². The number of hydrogen-bond donors (Lipinski definition) is 0. The summed E-state index contributed by atoms with van der Waals surface area (Å²) in [7, 11) is 1.67. The Morgan fingerprint density at radius 2 is 1.87 bits per heavy atom. The van der Waals surface area contributed by atoms with Crippen molar-refractivity contribution in [1.82, 2.24) is 4.90 Å². The second kappa shape index (κ2) is 6.79. The minimum atomic E-state index is -0.361. The van der Waals surface area contributed by atoms with Gasteiger partial charge in [-0.15, -0.1) is 0 Å². The van der Waals surface area contributed by atoms with Crippen molar-refractivity contribution >= 4 is 5.69 Å². The molecule has 23 heavy (non-hydrogen) atoms. The van der Waals surface area contributed by atoms with E-state index >= 15 is 0 Å². The number of methoxy groups -OCH3 is 1. The monoisotopic (exact) mass is 312 g/mol. The van der Waals surface area contributed by atoms with Gasteiger partial charge in [0, 0.05) is 24.7 Å². The maximum absolute atomic E-state index is 10.7. The van der Waals surface area contributed by atoms with Crippen LogP contribution in [0, 0.1) is 10.1 Å². The van der Waals surface area contributed by atoms with Crippen LogP contribution >= 0.6 is 0 Å². The Labute approximate surface area is 135 Å². The maximum atomic E-state index is 10.7. The van der Waals surface area contributed by atoms with Crippen molar-refractivity contribution < 1.29 is 9.66 Å². The molecule has 120 valence electrons. The van der Waals surface area contributed by atoms with Gasteiger partial charge in [-0.3, -0.25) is 15.0 Å². The molecular formula is C18H20N2O3. The van der Waals surface area contributed by atoms with E-state index in [2.05, 4.69) is 17.0 Å². The molecule has 1 fully saturated rings. The fourth-order valence-corrected chi connectivity index (χ4v) is 3.18. The molecule has 0 radical (unpaired) electrons. The molecule has 1 aliphatic heterocycles. The van der Waals surface area contributed by atoms with Crippen LogP contribution in [0.2, 0.25) is 0 Å². The van der Waals surface area contributed by atoms with Gasteiger partial charge in [0.05, 0.1) is 12.0 Å². The SMILES string of the molecule is COc1ccc([C@H]2CCCN2Cc2ccc([N+](=O)[O-])cc2)cc1. The van der Waals surface area contributed by atoms with Crippen LogP contribution in [0.5, 0.6) is 5.75 Å². The minimum absolute atomic E-state index is 0.141. The molecule has 1 saturated heterocycles. The fraction of sp³-hybridized carbons (Fsp3) is 0.333. The molecule has 1 aliphatic rings. The third-order valence-electron chi connectivity index (χ3n) is 4.40. The van der Waals surface area contributed by atoms with Crippen molar-refractivity contribution in [2.45, 2.75) is 25.4 Å². The first-order valence-electron chi connectivity index (χ1n) is 7.78. The average Bonchev–Trinajstić information content (AvgIpc) is 3.03. The van der Waals surface area contributed by atoms with Crippen LogP contribution in [0.4, 0.5) is 5.69 Å². The van der Waals surface area contributed by atoms with Crippen molar-refractivity contribution in [1.29, 1.82) is 0 Å². The highest BCUT2D eigenvalue weighted by Crippen LogP contribution is 2.34. The molecule has 3 rings (SSSR count). The van der Waals surface area contributed by atoms with E-state index in [1.807, 2.05) is 24.3 Å². The minimum Gasteiger partial charge on any atom is -0.497 e. The van der Waals surface area contributed by atoms with Crippen LogP contribution in [0.1, 0.15) is 30.0 Å². The smallest absolute Gasteiger partial charge is 0.269 e. The summed E-state index contributed by atoms with van der Waals surface area (Å²) >= 11 is 0. The number of benzene rings is 2. The molecule has 0 aromatic heterocycles. The zero-order valence-corrected chi connectivity index (χ0v) is 13.1. The highest BCUT2D eigenvalue weighted by Gasteiger charge is 2.26. The van der Waals surface area contributed by atoms with Gasteiger partial charge < -0.3 is 4.74 Å². The number of nitro benzene ring substituents is 1. The van der Waals surface area contributed by atoms with E-state index in [0.29, 0.717) is 6.04 Å². The van der Waals surface area contributed by atoms with E-state index in [1.54, 1.807) is 19.2 Å². The molecule has 0 N–H and O–H groups in total. The molecule has 5 heteroatoms. The number of rotatable bonds is 5. The molecule has 5 nitrogen and oxygen atoms in total. The Morgan fingerprint density at radius 1 is 1.17 bits per heavy atom. The molecular weight excluding hydrogens is 292 g/mol. The van der Waals surface area contributed by atoms with Crippen LogP contribution in [-0.2, 0) is 6.54 Å². The highest BCUT2D eigenvalue weighted by atomic mass is 16.6. The van der Waals surface area contributed by atoms with E-state index in [-0.39, 0.29) is 10.6 Å². The Bertz CT molecular complexity index is 668. The lowest BCUT2D eigenvalue weighted by molar-refractivity contribution is -0.384. The van der Waals surface area contributed by atoms with Crippen molar-refractivity contribution in [2.24, 2.45) is 0 Å². The van der Waals surface area contributed by atoms with E-state index in [9.17, 15) is 10.1 Å². The van der Waals surface area contributed by atoms with E-state index < -0.39 is 0 Å². The first kappa shape index (κ1) is 15.5. The van der Waals surface area contributed by atoms with Crippen molar-refractivity contribution in [2.75, 3.05) is 13.7 Å².